The number of benzene rings is 2. The average Bonchev–Trinajstić information content (AvgIpc) is 3.69. The van der Waals surface area contributed by atoms with E-state index in [9.17, 15) is 34.2 Å². The molecule has 2 aromatic carbocycles. The first-order valence-corrected chi connectivity index (χ1v) is 14.8. The van der Waals surface area contributed by atoms with Crippen molar-refractivity contribution in [2.45, 2.75) is 75.4 Å². The molecule has 0 aromatic heterocycles. The highest BCUT2D eigenvalue weighted by Gasteiger charge is 2.55. The molecule has 0 unspecified atom stereocenters. The minimum absolute atomic E-state index is 0.00374. The monoisotopic (exact) mass is 592 g/mol. The van der Waals surface area contributed by atoms with Gasteiger partial charge in [-0.1, -0.05) is 42.5 Å². The van der Waals surface area contributed by atoms with Crippen LogP contribution in [0, 0.1) is 0 Å². The molecule has 0 aliphatic carbocycles. The number of carbonyl (C=O) groups is 5. The van der Waals surface area contributed by atoms with Crippen LogP contribution < -0.4 is 16.0 Å². The van der Waals surface area contributed by atoms with Crippen LogP contribution in [0.25, 0.3) is 0 Å². The Labute approximate surface area is 251 Å². The number of hydrogen-bond acceptors (Lipinski definition) is 7. The van der Waals surface area contributed by atoms with E-state index in [1.54, 1.807) is 31.2 Å². The second-order valence-electron chi connectivity index (χ2n) is 11.6. The van der Waals surface area contributed by atoms with E-state index in [-0.39, 0.29) is 37.5 Å². The fourth-order valence-corrected chi connectivity index (χ4v) is 6.01. The summed E-state index contributed by atoms with van der Waals surface area (Å²) < 4.78 is 0. The Morgan fingerprint density at radius 2 is 1.74 bits per heavy atom. The van der Waals surface area contributed by atoms with Crippen molar-refractivity contribution in [2.75, 3.05) is 19.6 Å². The van der Waals surface area contributed by atoms with Gasteiger partial charge in [0.1, 0.15) is 11.3 Å². The number of carboxylic acids is 1. The second kappa shape index (κ2) is 13.8. The number of amides is 3. The highest BCUT2D eigenvalue weighted by atomic mass is 16.4. The van der Waals surface area contributed by atoms with Crippen LogP contribution in [0.4, 0.5) is 0 Å². The van der Waals surface area contributed by atoms with Crippen LogP contribution in [0.3, 0.4) is 0 Å². The fourth-order valence-electron chi connectivity index (χ4n) is 6.01. The highest BCUT2D eigenvalue weighted by Crippen LogP contribution is 2.33. The van der Waals surface area contributed by atoms with Gasteiger partial charge < -0.3 is 31.1 Å². The van der Waals surface area contributed by atoms with Crippen LogP contribution in [0.2, 0.25) is 0 Å². The van der Waals surface area contributed by atoms with Crippen molar-refractivity contribution >= 4 is 29.5 Å². The summed E-state index contributed by atoms with van der Waals surface area (Å²) in [6, 6.07) is 15.3. The van der Waals surface area contributed by atoms with E-state index >= 15 is 0 Å². The number of nitrogens with one attached hydrogen (secondary N) is 3. The molecule has 2 aromatic rings. The molecule has 2 aliphatic heterocycles. The minimum atomic E-state index is -1.99. The molecule has 2 aliphatic rings. The lowest BCUT2D eigenvalue weighted by Gasteiger charge is -2.34. The Bertz CT molecular complexity index is 1330. The third-order valence-corrected chi connectivity index (χ3v) is 8.38. The lowest BCUT2D eigenvalue weighted by atomic mass is 9.87. The van der Waals surface area contributed by atoms with Crippen molar-refractivity contribution in [1.82, 2.24) is 20.9 Å². The topological polar surface area (TPSA) is 165 Å². The maximum atomic E-state index is 13.5. The number of aliphatic carboxylic acids is 1. The van der Waals surface area contributed by atoms with Crippen molar-refractivity contribution in [3.63, 3.8) is 0 Å². The van der Waals surface area contributed by atoms with Crippen LogP contribution in [-0.2, 0) is 36.8 Å². The first-order valence-electron chi connectivity index (χ1n) is 14.8. The molecular weight excluding hydrogens is 552 g/mol. The summed E-state index contributed by atoms with van der Waals surface area (Å²) in [7, 11) is 0. The molecule has 43 heavy (non-hydrogen) atoms. The number of Topliss-reactive ketones (excluding diaryl/α,β-unsaturated/α-hetero) is 1. The van der Waals surface area contributed by atoms with Gasteiger partial charge in [0.25, 0.3) is 0 Å². The number of carbonyl (C=O) groups excluding carboxylic acids is 4. The van der Waals surface area contributed by atoms with Gasteiger partial charge in [0, 0.05) is 19.4 Å². The summed E-state index contributed by atoms with van der Waals surface area (Å²) >= 11 is 0. The first-order chi connectivity index (χ1) is 20.5. The molecule has 0 spiro atoms. The zero-order valence-corrected chi connectivity index (χ0v) is 24.4. The molecule has 2 saturated heterocycles. The molecule has 4 rings (SSSR count). The van der Waals surface area contributed by atoms with Crippen LogP contribution >= 0.6 is 0 Å². The fraction of sp³-hybridized carbons (Fsp3) is 0.469. The molecule has 2 heterocycles. The number of nitrogens with zero attached hydrogens (tertiary/aromatic N) is 1. The summed E-state index contributed by atoms with van der Waals surface area (Å²) in [5.74, 6) is -3.38. The number of rotatable bonds is 13. The quantitative estimate of drug-likeness (QED) is 0.219. The van der Waals surface area contributed by atoms with Crippen molar-refractivity contribution < 1.29 is 34.2 Å². The van der Waals surface area contributed by atoms with Crippen molar-refractivity contribution in [1.29, 1.82) is 0 Å². The summed E-state index contributed by atoms with van der Waals surface area (Å²) in [6.45, 7) is 1.87. The SMILES string of the molecule is C[C@@](Cc1ccccc1)(NC(=O)[C@@H]1CCCN1)C(=O)NCC(=O)N1CCC[C@]1(C(=O)O)C(=O)CCCc1ccc(O)cc1. The minimum Gasteiger partial charge on any atom is -0.508 e. The van der Waals surface area contributed by atoms with Crippen molar-refractivity contribution in [3.8, 4) is 5.75 Å². The zero-order valence-electron chi connectivity index (χ0n) is 24.4. The zero-order chi connectivity index (χ0) is 31.0. The van der Waals surface area contributed by atoms with E-state index in [1.807, 2.05) is 30.3 Å². The number of aromatic hydroxyl groups is 1. The normalized spacial score (nSPS) is 21.1. The predicted molar refractivity (Wildman–Crippen MR) is 158 cm³/mol. The molecule has 0 bridgehead atoms. The van der Waals surface area contributed by atoms with Crippen LogP contribution in [-0.4, -0.2) is 81.3 Å². The molecule has 11 heteroatoms. The second-order valence-corrected chi connectivity index (χ2v) is 11.6. The third kappa shape index (κ3) is 7.40. The van der Waals surface area contributed by atoms with E-state index < -0.39 is 47.2 Å². The summed E-state index contributed by atoms with van der Waals surface area (Å²) in [5, 5.41) is 28.3. The molecule has 3 atom stereocenters. The average molecular weight is 593 g/mol. The Morgan fingerprint density at radius 3 is 2.40 bits per heavy atom. The molecular formula is C32H40N4O7. The van der Waals surface area contributed by atoms with Gasteiger partial charge in [0.15, 0.2) is 11.3 Å². The van der Waals surface area contributed by atoms with E-state index in [0.717, 1.165) is 22.4 Å². The summed E-state index contributed by atoms with van der Waals surface area (Å²) in [4.78, 5) is 66.9. The predicted octanol–water partition coefficient (Wildman–Crippen LogP) is 1.72. The van der Waals surface area contributed by atoms with Gasteiger partial charge in [-0.15, -0.1) is 0 Å². The molecule has 0 saturated carbocycles. The lowest BCUT2D eigenvalue weighted by molar-refractivity contribution is -0.161. The van der Waals surface area contributed by atoms with Gasteiger partial charge in [-0.3, -0.25) is 19.2 Å². The Kier molecular flexibility index (Phi) is 10.2. The Morgan fingerprint density at radius 1 is 1.02 bits per heavy atom. The molecule has 5 N–H and O–H groups in total. The van der Waals surface area contributed by atoms with E-state index in [0.29, 0.717) is 32.2 Å². The molecule has 0 radical (unpaired) electrons. The third-order valence-electron chi connectivity index (χ3n) is 8.38. The number of ketones is 1. The van der Waals surface area contributed by atoms with Crippen molar-refractivity contribution in [2.24, 2.45) is 0 Å². The van der Waals surface area contributed by atoms with Crippen molar-refractivity contribution in [3.05, 3.63) is 65.7 Å². The van der Waals surface area contributed by atoms with Crippen LogP contribution in [0.1, 0.15) is 56.6 Å². The number of likely N-dealkylation sites (tertiary alicyclic amines) is 1. The first kappa shape index (κ1) is 31.7. The molecule has 2 fully saturated rings. The summed E-state index contributed by atoms with van der Waals surface area (Å²) in [6.07, 6.45) is 2.86. The van der Waals surface area contributed by atoms with Gasteiger partial charge in [-0.05, 0) is 75.3 Å². The highest BCUT2D eigenvalue weighted by molar-refractivity contribution is 6.11. The number of phenols is 1. The standard InChI is InChI=1S/C32H40N4O7/c1-31(20-23-8-3-2-4-9-23,35-28(40)25-11-6-18-33-25)29(41)34-21-27(39)36-19-7-17-32(36,30(42)43)26(38)12-5-10-22-13-15-24(37)16-14-22/h2-4,8-9,13-16,25,33,37H,5-7,10-12,17-21H2,1H3,(H,34,41)(H,35,40)(H,42,43)/t25-,31-,32+/m0/s1. The Balaban J connectivity index is 1.42. The summed E-state index contributed by atoms with van der Waals surface area (Å²) in [5.41, 5.74) is -1.67. The molecule has 230 valence electrons. The maximum Gasteiger partial charge on any atom is 0.337 e. The van der Waals surface area contributed by atoms with E-state index in [2.05, 4.69) is 16.0 Å². The maximum absolute atomic E-state index is 13.5. The van der Waals surface area contributed by atoms with Crippen LogP contribution in [0.15, 0.2) is 54.6 Å². The largest absolute Gasteiger partial charge is 0.508 e. The van der Waals surface area contributed by atoms with Gasteiger partial charge in [-0.25, -0.2) is 4.79 Å². The van der Waals surface area contributed by atoms with Crippen LogP contribution in [0.5, 0.6) is 5.75 Å². The Hall–Kier alpha value is -4.25. The van der Waals surface area contributed by atoms with Gasteiger partial charge in [-0.2, -0.15) is 0 Å². The van der Waals surface area contributed by atoms with Gasteiger partial charge in [0.05, 0.1) is 12.6 Å². The lowest BCUT2D eigenvalue weighted by Crippen LogP contribution is -2.63. The molecule has 11 nitrogen and oxygen atoms in total. The number of aryl methyl sites for hydroxylation is 1. The van der Waals surface area contributed by atoms with Gasteiger partial charge in [0.2, 0.25) is 17.7 Å². The van der Waals surface area contributed by atoms with Gasteiger partial charge >= 0.3 is 5.97 Å². The molecule has 3 amide bonds. The van der Waals surface area contributed by atoms with E-state index in [1.165, 1.54) is 0 Å². The number of phenolic OH excluding ortho intramolecular Hbond substituents is 1. The number of hydrogen-bond donors (Lipinski definition) is 5. The van der Waals surface area contributed by atoms with E-state index in [4.69, 9.17) is 0 Å². The number of carboxylic acid groups (broad SMARTS) is 1. The smallest absolute Gasteiger partial charge is 0.337 e.